The summed E-state index contributed by atoms with van der Waals surface area (Å²) >= 11 is 1.66. The number of thioether (sulfide) groups is 1. The van der Waals surface area contributed by atoms with Crippen molar-refractivity contribution in [2.75, 3.05) is 11.5 Å². The highest BCUT2D eigenvalue weighted by molar-refractivity contribution is 7.99. The van der Waals surface area contributed by atoms with Gasteiger partial charge in [0.05, 0.1) is 0 Å². The van der Waals surface area contributed by atoms with Crippen molar-refractivity contribution in [1.29, 1.82) is 0 Å². The van der Waals surface area contributed by atoms with Gasteiger partial charge in [-0.1, -0.05) is 12.1 Å². The molecule has 0 saturated heterocycles. The third-order valence-corrected chi connectivity index (χ3v) is 2.92. The molecular weight excluding hydrogens is 196 g/mol. The Bertz CT molecular complexity index is 315. The number of rotatable bonds is 5. The van der Waals surface area contributed by atoms with E-state index in [4.69, 9.17) is 11.5 Å². The SMILES string of the molecule is NC(=O)CCCSc1ccccc1N. The maximum atomic E-state index is 10.5. The van der Waals surface area contributed by atoms with Gasteiger partial charge in [-0.25, -0.2) is 0 Å². The molecule has 0 aromatic heterocycles. The lowest BCUT2D eigenvalue weighted by Gasteiger charge is -2.03. The second-order valence-corrected chi connectivity index (χ2v) is 4.09. The average molecular weight is 210 g/mol. The quantitative estimate of drug-likeness (QED) is 0.441. The van der Waals surface area contributed by atoms with E-state index in [-0.39, 0.29) is 5.91 Å². The molecule has 0 heterocycles. The first-order chi connectivity index (χ1) is 6.70. The van der Waals surface area contributed by atoms with Crippen molar-refractivity contribution < 1.29 is 4.79 Å². The normalized spacial score (nSPS) is 10.0. The van der Waals surface area contributed by atoms with E-state index < -0.39 is 0 Å². The minimum absolute atomic E-state index is 0.244. The van der Waals surface area contributed by atoms with Crippen LogP contribution in [0, 0.1) is 0 Å². The molecule has 0 unspecified atom stereocenters. The summed E-state index contributed by atoms with van der Waals surface area (Å²) in [6, 6.07) is 7.70. The van der Waals surface area contributed by atoms with E-state index in [0.717, 1.165) is 22.8 Å². The summed E-state index contributed by atoms with van der Waals surface area (Å²) in [4.78, 5) is 11.5. The van der Waals surface area contributed by atoms with Crippen molar-refractivity contribution in [1.82, 2.24) is 0 Å². The summed E-state index contributed by atoms with van der Waals surface area (Å²) in [5.74, 6) is 0.628. The van der Waals surface area contributed by atoms with Crippen molar-refractivity contribution >= 4 is 23.4 Å². The standard InChI is InChI=1S/C10H14N2OS/c11-8-4-1-2-5-9(8)14-7-3-6-10(12)13/h1-2,4-5H,3,6-7,11H2,(H2,12,13). The summed E-state index contributed by atoms with van der Waals surface area (Å²) < 4.78 is 0. The van der Waals surface area contributed by atoms with Gasteiger partial charge in [0.15, 0.2) is 0 Å². The van der Waals surface area contributed by atoms with Gasteiger partial charge in [-0.3, -0.25) is 4.79 Å². The minimum Gasteiger partial charge on any atom is -0.398 e. The first kappa shape index (κ1) is 10.9. The zero-order chi connectivity index (χ0) is 10.4. The number of carbonyl (C=O) groups is 1. The Labute approximate surface area is 87.9 Å². The van der Waals surface area contributed by atoms with E-state index in [0.29, 0.717) is 6.42 Å². The van der Waals surface area contributed by atoms with Crippen molar-refractivity contribution in [2.45, 2.75) is 17.7 Å². The van der Waals surface area contributed by atoms with E-state index in [1.54, 1.807) is 11.8 Å². The van der Waals surface area contributed by atoms with Gasteiger partial charge in [0.2, 0.25) is 5.91 Å². The van der Waals surface area contributed by atoms with E-state index in [9.17, 15) is 4.79 Å². The topological polar surface area (TPSA) is 69.1 Å². The number of amides is 1. The van der Waals surface area contributed by atoms with E-state index >= 15 is 0 Å². The largest absolute Gasteiger partial charge is 0.398 e. The zero-order valence-corrected chi connectivity index (χ0v) is 8.72. The minimum atomic E-state index is -0.244. The molecule has 1 aromatic carbocycles. The molecule has 1 rings (SSSR count). The number of carbonyl (C=O) groups excluding carboxylic acids is 1. The number of para-hydroxylation sites is 1. The summed E-state index contributed by atoms with van der Waals surface area (Å²) in [5.41, 5.74) is 11.6. The molecule has 1 aromatic rings. The molecule has 0 spiro atoms. The Kier molecular flexibility index (Phi) is 4.32. The first-order valence-electron chi connectivity index (χ1n) is 4.46. The predicted molar refractivity (Wildman–Crippen MR) is 60.0 cm³/mol. The molecule has 0 atom stereocenters. The number of nitrogen functional groups attached to an aromatic ring is 1. The van der Waals surface area contributed by atoms with Crippen LogP contribution in [0.3, 0.4) is 0 Å². The highest BCUT2D eigenvalue weighted by atomic mass is 32.2. The van der Waals surface area contributed by atoms with Gasteiger partial charge in [0, 0.05) is 17.0 Å². The van der Waals surface area contributed by atoms with Crippen LogP contribution < -0.4 is 11.5 Å². The highest BCUT2D eigenvalue weighted by Crippen LogP contribution is 2.24. The number of benzene rings is 1. The monoisotopic (exact) mass is 210 g/mol. The Balaban J connectivity index is 2.31. The Morgan fingerprint density at radius 3 is 2.71 bits per heavy atom. The van der Waals surface area contributed by atoms with Crippen molar-refractivity contribution in [3.63, 3.8) is 0 Å². The molecule has 0 aliphatic carbocycles. The molecule has 1 amide bonds. The molecule has 0 saturated carbocycles. The van der Waals surface area contributed by atoms with E-state index in [1.165, 1.54) is 0 Å². The lowest BCUT2D eigenvalue weighted by atomic mass is 10.3. The number of hydrogen-bond donors (Lipinski definition) is 2. The van der Waals surface area contributed by atoms with Crippen LogP contribution in [0.4, 0.5) is 5.69 Å². The van der Waals surface area contributed by atoms with Gasteiger partial charge in [-0.05, 0) is 24.3 Å². The van der Waals surface area contributed by atoms with Crippen LogP contribution in [0.15, 0.2) is 29.2 Å². The van der Waals surface area contributed by atoms with Crippen LogP contribution in [-0.4, -0.2) is 11.7 Å². The summed E-state index contributed by atoms with van der Waals surface area (Å²) in [6.45, 7) is 0. The Hall–Kier alpha value is -1.16. The Morgan fingerprint density at radius 1 is 1.36 bits per heavy atom. The second-order valence-electron chi connectivity index (χ2n) is 2.96. The lowest BCUT2D eigenvalue weighted by molar-refractivity contribution is -0.118. The fraction of sp³-hybridized carbons (Fsp3) is 0.300. The number of hydrogen-bond acceptors (Lipinski definition) is 3. The molecule has 4 N–H and O–H groups in total. The molecule has 0 aliphatic rings. The fourth-order valence-electron chi connectivity index (χ4n) is 1.04. The first-order valence-corrected chi connectivity index (χ1v) is 5.44. The summed E-state index contributed by atoms with van der Waals surface area (Å²) in [7, 11) is 0. The molecule has 3 nitrogen and oxygen atoms in total. The summed E-state index contributed by atoms with van der Waals surface area (Å²) in [5, 5.41) is 0. The van der Waals surface area contributed by atoms with Crippen LogP contribution >= 0.6 is 11.8 Å². The van der Waals surface area contributed by atoms with Gasteiger partial charge >= 0.3 is 0 Å². The number of nitrogens with two attached hydrogens (primary N) is 2. The van der Waals surface area contributed by atoms with Crippen LogP contribution in [0.25, 0.3) is 0 Å². The van der Waals surface area contributed by atoms with Gasteiger partial charge in [0.1, 0.15) is 0 Å². The molecule has 0 radical (unpaired) electrons. The highest BCUT2D eigenvalue weighted by Gasteiger charge is 1.99. The predicted octanol–water partition coefficient (Wildman–Crippen LogP) is 1.63. The molecule has 14 heavy (non-hydrogen) atoms. The molecule has 76 valence electrons. The maximum Gasteiger partial charge on any atom is 0.217 e. The van der Waals surface area contributed by atoms with Gasteiger partial charge in [-0.2, -0.15) is 0 Å². The van der Waals surface area contributed by atoms with Crippen molar-refractivity contribution in [2.24, 2.45) is 5.73 Å². The zero-order valence-electron chi connectivity index (χ0n) is 7.90. The van der Waals surface area contributed by atoms with Gasteiger partial charge in [0.25, 0.3) is 0 Å². The molecule has 4 heteroatoms. The van der Waals surface area contributed by atoms with E-state index in [1.807, 2.05) is 24.3 Å². The van der Waals surface area contributed by atoms with Gasteiger partial charge < -0.3 is 11.5 Å². The fourth-order valence-corrected chi connectivity index (χ4v) is 1.96. The lowest BCUT2D eigenvalue weighted by Crippen LogP contribution is -2.09. The third kappa shape index (κ3) is 3.70. The van der Waals surface area contributed by atoms with Crippen LogP contribution in [0.5, 0.6) is 0 Å². The molecular formula is C10H14N2OS. The van der Waals surface area contributed by atoms with Crippen molar-refractivity contribution in [3.05, 3.63) is 24.3 Å². The van der Waals surface area contributed by atoms with E-state index in [2.05, 4.69) is 0 Å². The average Bonchev–Trinajstić information content (AvgIpc) is 2.15. The maximum absolute atomic E-state index is 10.5. The van der Waals surface area contributed by atoms with Crippen LogP contribution in [-0.2, 0) is 4.79 Å². The smallest absolute Gasteiger partial charge is 0.217 e. The van der Waals surface area contributed by atoms with Crippen LogP contribution in [0.2, 0.25) is 0 Å². The second kappa shape index (κ2) is 5.54. The van der Waals surface area contributed by atoms with Crippen molar-refractivity contribution in [3.8, 4) is 0 Å². The number of primary amides is 1. The van der Waals surface area contributed by atoms with Gasteiger partial charge in [-0.15, -0.1) is 11.8 Å². The summed E-state index contributed by atoms with van der Waals surface area (Å²) in [6.07, 6.45) is 1.24. The number of anilines is 1. The third-order valence-electron chi connectivity index (χ3n) is 1.74. The van der Waals surface area contributed by atoms with Crippen LogP contribution in [0.1, 0.15) is 12.8 Å². The molecule has 0 fully saturated rings. The molecule has 0 aliphatic heterocycles. The Morgan fingerprint density at radius 2 is 2.07 bits per heavy atom. The molecule has 0 bridgehead atoms.